The molecule has 0 aliphatic heterocycles. The highest BCUT2D eigenvalue weighted by Gasteiger charge is 2.14. The second-order valence-corrected chi connectivity index (χ2v) is 2.27. The van der Waals surface area contributed by atoms with Crippen molar-refractivity contribution < 1.29 is 13.9 Å². The van der Waals surface area contributed by atoms with Crippen LogP contribution < -0.4 is 0 Å². The molecule has 0 aromatic heterocycles. The van der Waals surface area contributed by atoms with E-state index in [0.717, 1.165) is 6.07 Å². The molecule has 0 saturated heterocycles. The molecule has 0 bridgehead atoms. The largest absolute Gasteiger partial charge is 0.465 e. The van der Waals surface area contributed by atoms with Crippen molar-refractivity contribution in [3.63, 3.8) is 0 Å². The van der Waals surface area contributed by atoms with E-state index in [0.29, 0.717) is 0 Å². The van der Waals surface area contributed by atoms with E-state index < -0.39 is 11.8 Å². The van der Waals surface area contributed by atoms with Crippen LogP contribution in [-0.2, 0) is 4.74 Å². The molecule has 1 aromatic carbocycles. The molecular weight excluding hydrogens is 173 g/mol. The van der Waals surface area contributed by atoms with Crippen molar-refractivity contribution in [2.75, 3.05) is 7.11 Å². The summed E-state index contributed by atoms with van der Waals surface area (Å²) in [5, 5.41) is 8.55. The Labute approximate surface area is 74.4 Å². The second-order valence-electron chi connectivity index (χ2n) is 2.27. The maximum absolute atomic E-state index is 12.9. The molecule has 0 atom stereocenters. The van der Waals surface area contributed by atoms with E-state index in [4.69, 9.17) is 5.26 Å². The van der Waals surface area contributed by atoms with Crippen LogP contribution in [0.4, 0.5) is 4.39 Å². The molecule has 0 spiro atoms. The predicted molar refractivity (Wildman–Crippen MR) is 42.5 cm³/mol. The molecule has 0 saturated carbocycles. The normalized spacial score (nSPS) is 9.00. The number of esters is 1. The molecular formula is C9H6FNO2. The van der Waals surface area contributed by atoms with Gasteiger partial charge in [0.05, 0.1) is 12.7 Å². The molecule has 0 aliphatic carbocycles. The average molecular weight is 179 g/mol. The van der Waals surface area contributed by atoms with E-state index in [2.05, 4.69) is 4.74 Å². The number of methoxy groups -OCH3 is 1. The zero-order valence-corrected chi connectivity index (χ0v) is 6.87. The number of hydrogen-bond donors (Lipinski definition) is 0. The molecule has 0 aliphatic rings. The number of rotatable bonds is 1. The van der Waals surface area contributed by atoms with Gasteiger partial charge in [-0.3, -0.25) is 0 Å². The predicted octanol–water partition coefficient (Wildman–Crippen LogP) is 1.48. The first-order chi connectivity index (χ1) is 6.20. The van der Waals surface area contributed by atoms with Crippen LogP contribution in [0.25, 0.3) is 0 Å². The molecule has 0 heterocycles. The Morgan fingerprint density at radius 2 is 2.31 bits per heavy atom. The SMILES string of the molecule is COC(=O)c1cccc(F)c1C#N. The first kappa shape index (κ1) is 9.20. The fourth-order valence-corrected chi connectivity index (χ4v) is 0.918. The number of nitriles is 1. The molecule has 0 amide bonds. The lowest BCUT2D eigenvalue weighted by Crippen LogP contribution is -2.05. The van der Waals surface area contributed by atoms with Crippen LogP contribution >= 0.6 is 0 Å². The minimum atomic E-state index is -0.717. The molecule has 0 unspecified atom stereocenters. The summed E-state index contributed by atoms with van der Waals surface area (Å²) in [7, 11) is 1.17. The van der Waals surface area contributed by atoms with Gasteiger partial charge in [-0.1, -0.05) is 6.07 Å². The summed E-state index contributed by atoms with van der Waals surface area (Å²) in [5.74, 6) is -1.43. The van der Waals surface area contributed by atoms with Crippen LogP contribution in [0.15, 0.2) is 18.2 Å². The zero-order valence-electron chi connectivity index (χ0n) is 6.87. The van der Waals surface area contributed by atoms with Gasteiger partial charge in [0.1, 0.15) is 17.4 Å². The minimum absolute atomic E-state index is 0.0509. The third kappa shape index (κ3) is 1.64. The molecule has 4 heteroatoms. The second kappa shape index (κ2) is 3.68. The number of benzene rings is 1. The molecule has 3 nitrogen and oxygen atoms in total. The van der Waals surface area contributed by atoms with Gasteiger partial charge in [0.15, 0.2) is 0 Å². The molecule has 1 aromatic rings. The number of nitrogens with zero attached hydrogens (tertiary/aromatic N) is 1. The molecule has 13 heavy (non-hydrogen) atoms. The van der Waals surface area contributed by atoms with E-state index in [9.17, 15) is 9.18 Å². The van der Waals surface area contributed by atoms with Crippen molar-refractivity contribution in [1.82, 2.24) is 0 Å². The number of hydrogen-bond acceptors (Lipinski definition) is 3. The highest BCUT2D eigenvalue weighted by molar-refractivity contribution is 5.92. The summed E-state index contributed by atoms with van der Waals surface area (Å²) in [5.41, 5.74) is -0.334. The Hall–Kier alpha value is -1.89. The van der Waals surface area contributed by atoms with Gasteiger partial charge in [-0.05, 0) is 12.1 Å². The Morgan fingerprint density at radius 1 is 1.62 bits per heavy atom. The van der Waals surface area contributed by atoms with Crippen molar-refractivity contribution in [1.29, 1.82) is 5.26 Å². The summed E-state index contributed by atoms with van der Waals surface area (Å²) in [6.07, 6.45) is 0. The van der Waals surface area contributed by atoms with E-state index >= 15 is 0 Å². The van der Waals surface area contributed by atoms with Crippen LogP contribution in [0.5, 0.6) is 0 Å². The summed E-state index contributed by atoms with van der Waals surface area (Å²) in [6, 6.07) is 5.41. The van der Waals surface area contributed by atoms with Crippen LogP contribution in [0.1, 0.15) is 15.9 Å². The topological polar surface area (TPSA) is 50.1 Å². The van der Waals surface area contributed by atoms with Crippen LogP contribution in [0.3, 0.4) is 0 Å². The van der Waals surface area contributed by atoms with Gasteiger partial charge < -0.3 is 4.74 Å². The fraction of sp³-hybridized carbons (Fsp3) is 0.111. The quantitative estimate of drug-likeness (QED) is 0.613. The van der Waals surface area contributed by atoms with E-state index in [1.165, 1.54) is 19.2 Å². The van der Waals surface area contributed by atoms with Gasteiger partial charge in [0.25, 0.3) is 0 Å². The maximum atomic E-state index is 12.9. The minimum Gasteiger partial charge on any atom is -0.465 e. The van der Waals surface area contributed by atoms with Gasteiger partial charge in [-0.25, -0.2) is 9.18 Å². The Balaban J connectivity index is 3.30. The van der Waals surface area contributed by atoms with E-state index in [1.807, 2.05) is 0 Å². The van der Waals surface area contributed by atoms with Crippen molar-refractivity contribution in [3.05, 3.63) is 35.1 Å². The van der Waals surface area contributed by atoms with E-state index in [1.54, 1.807) is 6.07 Å². The average Bonchev–Trinajstić information content (AvgIpc) is 2.16. The summed E-state index contributed by atoms with van der Waals surface area (Å²) in [6.45, 7) is 0. The van der Waals surface area contributed by atoms with E-state index in [-0.39, 0.29) is 11.1 Å². The Morgan fingerprint density at radius 3 is 2.85 bits per heavy atom. The zero-order chi connectivity index (χ0) is 9.84. The lowest BCUT2D eigenvalue weighted by Gasteiger charge is -2.01. The van der Waals surface area contributed by atoms with Crippen LogP contribution in [0.2, 0.25) is 0 Å². The third-order valence-corrected chi connectivity index (χ3v) is 1.53. The standard InChI is InChI=1S/C9H6FNO2/c1-13-9(12)6-3-2-4-8(10)7(6)5-11/h2-4H,1H3. The first-order valence-electron chi connectivity index (χ1n) is 3.47. The molecule has 0 fully saturated rings. The molecule has 0 N–H and O–H groups in total. The lowest BCUT2D eigenvalue weighted by atomic mass is 10.1. The summed E-state index contributed by atoms with van der Waals surface area (Å²) >= 11 is 0. The van der Waals surface area contributed by atoms with Crippen LogP contribution in [-0.4, -0.2) is 13.1 Å². The summed E-state index contributed by atoms with van der Waals surface area (Å²) in [4.78, 5) is 11.0. The summed E-state index contributed by atoms with van der Waals surface area (Å²) < 4.78 is 17.3. The molecule has 66 valence electrons. The Bertz CT molecular complexity index is 382. The smallest absolute Gasteiger partial charge is 0.339 e. The molecule has 0 radical (unpaired) electrons. The van der Waals surface area contributed by atoms with Crippen molar-refractivity contribution in [2.45, 2.75) is 0 Å². The highest BCUT2D eigenvalue weighted by atomic mass is 19.1. The number of ether oxygens (including phenoxy) is 1. The van der Waals surface area contributed by atoms with Crippen molar-refractivity contribution in [3.8, 4) is 6.07 Å². The number of carbonyl (C=O) groups excluding carboxylic acids is 1. The van der Waals surface area contributed by atoms with Crippen molar-refractivity contribution in [2.24, 2.45) is 0 Å². The third-order valence-electron chi connectivity index (χ3n) is 1.53. The van der Waals surface area contributed by atoms with Gasteiger partial charge >= 0.3 is 5.97 Å². The monoisotopic (exact) mass is 179 g/mol. The van der Waals surface area contributed by atoms with Gasteiger partial charge in [0, 0.05) is 0 Å². The maximum Gasteiger partial charge on any atom is 0.339 e. The lowest BCUT2D eigenvalue weighted by molar-refractivity contribution is 0.0600. The fourth-order valence-electron chi connectivity index (χ4n) is 0.918. The number of halogens is 1. The van der Waals surface area contributed by atoms with Crippen LogP contribution in [0, 0.1) is 17.1 Å². The molecule has 1 rings (SSSR count). The Kier molecular flexibility index (Phi) is 2.60. The number of carbonyl (C=O) groups is 1. The highest BCUT2D eigenvalue weighted by Crippen LogP contribution is 2.12. The first-order valence-corrected chi connectivity index (χ1v) is 3.47. The van der Waals surface area contributed by atoms with Crippen molar-refractivity contribution >= 4 is 5.97 Å². The van der Waals surface area contributed by atoms with Gasteiger partial charge in [-0.2, -0.15) is 5.26 Å². The van der Waals surface area contributed by atoms with Gasteiger partial charge in [-0.15, -0.1) is 0 Å². The van der Waals surface area contributed by atoms with Gasteiger partial charge in [0.2, 0.25) is 0 Å².